The van der Waals surface area contributed by atoms with Crippen LogP contribution < -0.4 is 0 Å². The van der Waals surface area contributed by atoms with Crippen LogP contribution in [0, 0.1) is 11.8 Å². The van der Waals surface area contributed by atoms with Gasteiger partial charge in [0.2, 0.25) is 12.2 Å². The van der Waals surface area contributed by atoms with Crippen LogP contribution in [0.1, 0.15) is 12.8 Å². The van der Waals surface area contributed by atoms with Gasteiger partial charge in [0.25, 0.3) is 0 Å². The van der Waals surface area contributed by atoms with Crippen molar-refractivity contribution in [1.29, 1.82) is 0 Å². The lowest BCUT2D eigenvalue weighted by Gasteiger charge is -2.07. The zero-order chi connectivity index (χ0) is 18.6. The van der Waals surface area contributed by atoms with E-state index in [1.165, 1.54) is 0 Å². The molecule has 2 aliphatic heterocycles. The normalized spacial score (nSPS) is 28.2. The van der Waals surface area contributed by atoms with E-state index in [1.807, 2.05) is 0 Å². The third-order valence-electron chi connectivity index (χ3n) is 3.14. The lowest BCUT2D eigenvalue weighted by molar-refractivity contribution is -0.161. The molecule has 0 aromatic heterocycles. The van der Waals surface area contributed by atoms with E-state index in [1.54, 1.807) is 0 Å². The van der Waals surface area contributed by atoms with Crippen molar-refractivity contribution in [3.8, 4) is 0 Å². The van der Waals surface area contributed by atoms with Crippen molar-refractivity contribution in [1.82, 2.24) is 0 Å². The summed E-state index contributed by atoms with van der Waals surface area (Å²) in [7, 11) is 0. The molecule has 0 aromatic rings. The lowest BCUT2D eigenvalue weighted by atomic mass is 10.0. The molecule has 0 radical (unpaired) electrons. The van der Waals surface area contributed by atoms with Crippen LogP contribution in [0.4, 0.5) is 0 Å². The van der Waals surface area contributed by atoms with E-state index in [4.69, 9.17) is 20.4 Å². The Hall–Kier alpha value is -3.18. The van der Waals surface area contributed by atoms with E-state index in [0.29, 0.717) is 0 Å². The molecule has 0 spiro atoms. The molecule has 132 valence electrons. The van der Waals surface area contributed by atoms with Crippen molar-refractivity contribution in [2.45, 2.75) is 25.0 Å². The lowest BCUT2D eigenvalue weighted by Crippen LogP contribution is -2.31. The zero-order valence-electron chi connectivity index (χ0n) is 11.8. The highest BCUT2D eigenvalue weighted by Crippen LogP contribution is 2.23. The van der Waals surface area contributed by atoms with Crippen molar-refractivity contribution in [3.63, 3.8) is 0 Å². The first-order chi connectivity index (χ1) is 11.0. The minimum atomic E-state index is -1.53. The molecule has 2 heterocycles. The zero-order valence-corrected chi connectivity index (χ0v) is 11.8. The number of cyclic esters (lactones) is 2. The van der Waals surface area contributed by atoms with E-state index in [2.05, 4.69) is 9.47 Å². The number of carboxylic acids is 4. The molecular formula is C12H12O12. The first-order valence-electron chi connectivity index (χ1n) is 6.34. The van der Waals surface area contributed by atoms with Gasteiger partial charge in [-0.25, -0.2) is 9.59 Å². The minimum absolute atomic E-state index is 0.369. The molecule has 2 saturated heterocycles. The maximum atomic E-state index is 10.5. The molecule has 12 nitrogen and oxygen atoms in total. The Bertz CT molecular complexity index is 493. The highest BCUT2D eigenvalue weighted by Gasteiger charge is 2.45. The second-order valence-electron chi connectivity index (χ2n) is 4.80. The third kappa shape index (κ3) is 4.41. The predicted octanol–water partition coefficient (Wildman–Crippen LogP) is -1.83. The Kier molecular flexibility index (Phi) is 5.81. The highest BCUT2D eigenvalue weighted by atomic mass is 16.6. The van der Waals surface area contributed by atoms with Gasteiger partial charge in [0, 0.05) is 0 Å². The fourth-order valence-corrected chi connectivity index (χ4v) is 2.00. The van der Waals surface area contributed by atoms with Gasteiger partial charge in [-0.3, -0.25) is 19.2 Å². The number of carbonyl (C=O) groups is 6. The van der Waals surface area contributed by atoms with Crippen molar-refractivity contribution < 1.29 is 58.7 Å². The Morgan fingerprint density at radius 3 is 1.12 bits per heavy atom. The molecular weight excluding hydrogens is 336 g/mol. The molecule has 2 aliphatic rings. The smallest absolute Gasteiger partial charge is 0.345 e. The maximum Gasteiger partial charge on any atom is 0.345 e. The predicted molar refractivity (Wildman–Crippen MR) is 66.5 cm³/mol. The van der Waals surface area contributed by atoms with Crippen LogP contribution in [0.15, 0.2) is 0 Å². The fraction of sp³-hybridized carbons (Fsp3) is 0.500. The summed E-state index contributed by atoms with van der Waals surface area (Å²) in [5.74, 6) is -9.57. The average molecular weight is 348 g/mol. The molecule has 0 aliphatic carbocycles. The topological polar surface area (TPSA) is 202 Å². The third-order valence-corrected chi connectivity index (χ3v) is 3.14. The summed E-state index contributed by atoms with van der Waals surface area (Å²) in [5, 5.41) is 33.7. The summed E-state index contributed by atoms with van der Waals surface area (Å²) in [6.45, 7) is 0. The molecule has 12 heteroatoms. The molecule has 0 saturated carbocycles. The first-order valence-corrected chi connectivity index (χ1v) is 6.34. The number of ether oxygens (including phenoxy) is 2. The van der Waals surface area contributed by atoms with Crippen LogP contribution in [0.3, 0.4) is 0 Å². The Morgan fingerprint density at radius 2 is 0.958 bits per heavy atom. The van der Waals surface area contributed by atoms with Crippen molar-refractivity contribution in [2.75, 3.05) is 0 Å². The van der Waals surface area contributed by atoms with Gasteiger partial charge >= 0.3 is 35.8 Å². The molecule has 2 fully saturated rings. The summed E-state index contributed by atoms with van der Waals surface area (Å²) < 4.78 is 8.55. The van der Waals surface area contributed by atoms with Gasteiger partial charge in [-0.15, -0.1) is 0 Å². The van der Waals surface area contributed by atoms with Gasteiger partial charge in [0.15, 0.2) is 0 Å². The van der Waals surface area contributed by atoms with Crippen LogP contribution >= 0.6 is 0 Å². The van der Waals surface area contributed by atoms with Gasteiger partial charge in [0.05, 0.1) is 12.8 Å². The van der Waals surface area contributed by atoms with Crippen LogP contribution in [0.2, 0.25) is 0 Å². The number of aliphatic carboxylic acids is 4. The maximum absolute atomic E-state index is 10.5. The van der Waals surface area contributed by atoms with Crippen LogP contribution in [-0.2, 0) is 38.2 Å². The van der Waals surface area contributed by atoms with E-state index >= 15 is 0 Å². The van der Waals surface area contributed by atoms with Gasteiger partial charge in [-0.05, 0) is 0 Å². The Labute approximate surface area is 132 Å². The van der Waals surface area contributed by atoms with Gasteiger partial charge in [-0.1, -0.05) is 0 Å². The van der Waals surface area contributed by atoms with Gasteiger partial charge in [0.1, 0.15) is 11.8 Å². The minimum Gasteiger partial charge on any atom is -0.481 e. The van der Waals surface area contributed by atoms with Crippen LogP contribution in [0.5, 0.6) is 0 Å². The summed E-state index contributed by atoms with van der Waals surface area (Å²) in [6.07, 6.45) is -3.80. The molecule has 4 N–H and O–H groups in total. The molecule has 24 heavy (non-hydrogen) atoms. The summed E-state index contributed by atoms with van der Waals surface area (Å²) in [6, 6.07) is 0. The van der Waals surface area contributed by atoms with E-state index < -0.39 is 59.9 Å². The summed E-state index contributed by atoms with van der Waals surface area (Å²) in [5.41, 5.74) is 0. The molecule has 4 atom stereocenters. The Balaban J connectivity index is 0.000000240. The number of carboxylic acid groups (broad SMARTS) is 4. The SMILES string of the molecule is O=C1CC(C(=O)O)C(C(=O)O)O1.O=C1C[C@H](C(=O)O)[C@H](C(=O)O)O1. The van der Waals surface area contributed by atoms with Crippen LogP contribution in [0.25, 0.3) is 0 Å². The van der Waals surface area contributed by atoms with E-state index in [9.17, 15) is 28.8 Å². The van der Waals surface area contributed by atoms with E-state index in [-0.39, 0.29) is 12.8 Å². The Morgan fingerprint density at radius 1 is 0.667 bits per heavy atom. The fourth-order valence-electron chi connectivity index (χ4n) is 2.00. The molecule has 0 amide bonds. The molecule has 2 rings (SSSR count). The first kappa shape index (κ1) is 18.9. The second-order valence-corrected chi connectivity index (χ2v) is 4.80. The van der Waals surface area contributed by atoms with E-state index in [0.717, 1.165) is 0 Å². The number of esters is 2. The number of carbonyl (C=O) groups excluding carboxylic acids is 2. The molecule has 0 aromatic carbocycles. The summed E-state index contributed by atoms with van der Waals surface area (Å²) in [4.78, 5) is 62.4. The standard InChI is InChI=1S/2C6H6O6/c2*7-3-1-2(5(8)9)4(12-3)6(10)11/h2*2,4H,1H2,(H,8,9)(H,10,11)/t2-,4+;/m0./s1. The second kappa shape index (κ2) is 7.39. The largest absolute Gasteiger partial charge is 0.481 e. The number of hydrogen-bond acceptors (Lipinski definition) is 8. The highest BCUT2D eigenvalue weighted by molar-refractivity contribution is 5.91. The van der Waals surface area contributed by atoms with Crippen LogP contribution in [-0.4, -0.2) is 68.4 Å². The van der Waals surface area contributed by atoms with Crippen molar-refractivity contribution in [2.24, 2.45) is 11.8 Å². The molecule has 2 unspecified atom stereocenters. The van der Waals surface area contributed by atoms with Gasteiger partial charge < -0.3 is 29.9 Å². The number of hydrogen-bond donors (Lipinski definition) is 4. The average Bonchev–Trinajstić information content (AvgIpc) is 3.03. The van der Waals surface area contributed by atoms with Crippen molar-refractivity contribution in [3.05, 3.63) is 0 Å². The number of rotatable bonds is 4. The van der Waals surface area contributed by atoms with Crippen molar-refractivity contribution >= 4 is 35.8 Å². The van der Waals surface area contributed by atoms with Gasteiger partial charge in [-0.2, -0.15) is 0 Å². The monoisotopic (exact) mass is 348 g/mol. The quantitative estimate of drug-likeness (QED) is 0.415. The summed E-state index contributed by atoms with van der Waals surface area (Å²) >= 11 is 0. The molecule has 0 bridgehead atoms.